The minimum atomic E-state index is -0.595. The van der Waals surface area contributed by atoms with Crippen LogP contribution in [0.15, 0.2) is 12.2 Å². The van der Waals surface area contributed by atoms with Crippen LogP contribution in [-0.4, -0.2) is 29.5 Å². The summed E-state index contributed by atoms with van der Waals surface area (Å²) in [7, 11) is 0. The van der Waals surface area contributed by atoms with Gasteiger partial charge >= 0.3 is 0 Å². The van der Waals surface area contributed by atoms with E-state index in [4.69, 9.17) is 14.9 Å². The van der Waals surface area contributed by atoms with Crippen molar-refractivity contribution in [3.8, 4) is 0 Å². The summed E-state index contributed by atoms with van der Waals surface area (Å²) in [5.74, 6) is 1.11. The summed E-state index contributed by atoms with van der Waals surface area (Å²) in [6.07, 6.45) is 5.75. The van der Waals surface area contributed by atoms with E-state index in [9.17, 15) is 4.79 Å². The Morgan fingerprint density at radius 2 is 1.74 bits per heavy atom. The summed E-state index contributed by atoms with van der Waals surface area (Å²) in [5.41, 5.74) is 1.92. The minimum Gasteiger partial charge on any atom is -0.344 e. The van der Waals surface area contributed by atoms with Gasteiger partial charge in [-0.3, -0.25) is 4.79 Å². The highest BCUT2D eigenvalue weighted by Gasteiger charge is 2.68. The molecule has 5 rings (SSSR count). The number of fused-ring (bicyclic) bond motifs is 8. The molecule has 0 radical (unpaired) electrons. The molecule has 0 amide bonds. The molecule has 1 saturated heterocycles. The van der Waals surface area contributed by atoms with E-state index in [1.807, 2.05) is 13.8 Å². The van der Waals surface area contributed by atoms with Crippen LogP contribution in [0.2, 0.25) is 0 Å². The second-order valence-electron chi connectivity index (χ2n) is 10.8. The molecule has 5 aliphatic rings. The van der Waals surface area contributed by atoms with E-state index in [-0.39, 0.29) is 34.7 Å². The molecule has 1 N–H and O–H groups in total. The highest BCUT2D eigenvalue weighted by atomic mass is 16.8. The average Bonchev–Trinajstić information content (AvgIpc) is 3.06. The molecule has 5 fully saturated rings. The number of Topliss-reactive ketones (excluding diaryl/α,β-unsaturated/α-hetero) is 1. The first kappa shape index (κ1) is 18.1. The van der Waals surface area contributed by atoms with Gasteiger partial charge in [0, 0.05) is 12.3 Å². The number of carbonyl (C=O) groups is 1. The summed E-state index contributed by atoms with van der Waals surface area (Å²) in [6.45, 7) is 13.2. The second-order valence-corrected chi connectivity index (χ2v) is 10.8. The zero-order valence-electron chi connectivity index (χ0n) is 17.1. The van der Waals surface area contributed by atoms with Gasteiger partial charge in [0.25, 0.3) is 0 Å². The first-order chi connectivity index (χ1) is 12.6. The van der Waals surface area contributed by atoms with E-state index in [1.54, 1.807) is 0 Å². The van der Waals surface area contributed by atoms with Gasteiger partial charge < -0.3 is 14.9 Å². The van der Waals surface area contributed by atoms with Gasteiger partial charge in [-0.25, -0.2) is 0 Å². The fourth-order valence-corrected chi connectivity index (χ4v) is 7.82. The summed E-state index contributed by atoms with van der Waals surface area (Å²) in [6, 6.07) is 0. The van der Waals surface area contributed by atoms with Crippen LogP contribution in [0.25, 0.3) is 0 Å². The van der Waals surface area contributed by atoms with Gasteiger partial charge in [-0.1, -0.05) is 26.0 Å². The summed E-state index contributed by atoms with van der Waals surface area (Å²) in [4.78, 5) is 12.4. The minimum absolute atomic E-state index is 0.0119. The lowest BCUT2D eigenvalue weighted by atomic mass is 9.43. The molecule has 0 spiro atoms. The van der Waals surface area contributed by atoms with Crippen molar-refractivity contribution in [3.05, 3.63) is 12.2 Å². The highest BCUT2D eigenvalue weighted by molar-refractivity contribution is 6.39. The number of allylic oxidation sites excluding steroid dienone is 1. The third kappa shape index (κ3) is 2.23. The molecule has 4 aliphatic carbocycles. The van der Waals surface area contributed by atoms with E-state index in [0.717, 1.165) is 12.8 Å². The SMILES string of the molecule is C=C1CC[C@H]2[C@@H]3[C@H]4OC(C)(C)O[C@@H]4[C@H]4CC(=O)C(=N)C[C@]4(C)[C@H]3CC[C@]12C. The van der Waals surface area contributed by atoms with E-state index >= 15 is 0 Å². The van der Waals surface area contributed by atoms with E-state index < -0.39 is 5.79 Å². The number of rotatable bonds is 0. The Labute approximate surface area is 162 Å². The average molecular weight is 372 g/mol. The van der Waals surface area contributed by atoms with Crippen molar-refractivity contribution in [1.82, 2.24) is 0 Å². The van der Waals surface area contributed by atoms with Gasteiger partial charge in [-0.15, -0.1) is 0 Å². The maximum atomic E-state index is 12.4. The fraction of sp³-hybridized carbons (Fsp3) is 0.826. The molecular weight excluding hydrogens is 338 g/mol. The molecule has 0 aromatic rings. The molecule has 0 aromatic carbocycles. The van der Waals surface area contributed by atoms with Gasteiger partial charge in [0.1, 0.15) is 0 Å². The molecule has 0 bridgehead atoms. The van der Waals surface area contributed by atoms with Crippen LogP contribution in [-0.2, 0) is 14.3 Å². The maximum absolute atomic E-state index is 12.4. The van der Waals surface area contributed by atoms with Crippen LogP contribution in [0.1, 0.15) is 66.2 Å². The number of hydrogen-bond acceptors (Lipinski definition) is 4. The Kier molecular flexibility index (Phi) is 3.56. The van der Waals surface area contributed by atoms with Gasteiger partial charge in [0.15, 0.2) is 11.6 Å². The third-order valence-electron chi connectivity index (χ3n) is 9.22. The van der Waals surface area contributed by atoms with Gasteiger partial charge in [-0.05, 0) is 74.5 Å². The standard InChI is InChI=1S/C23H33NO3/c1-12-6-7-13-18-14(8-9-22(12,13)4)23(5)11-16(24)17(25)10-15(23)19-20(18)27-21(2,3)26-19/h13-15,18-20,24H,1,6-11H2,2-5H3/t13-,14-,15+,18-,19+,20+,22+,23+/m0/s1. The first-order valence-electron chi connectivity index (χ1n) is 10.7. The molecule has 1 aliphatic heterocycles. The molecule has 4 heteroatoms. The van der Waals surface area contributed by atoms with Crippen LogP contribution in [0.4, 0.5) is 0 Å². The number of hydrogen-bond donors (Lipinski definition) is 1. The molecule has 148 valence electrons. The monoisotopic (exact) mass is 371 g/mol. The van der Waals surface area contributed by atoms with Gasteiger partial charge in [0.2, 0.25) is 0 Å². The predicted octanol–water partition coefficient (Wildman–Crippen LogP) is 4.52. The lowest BCUT2D eigenvalue weighted by Gasteiger charge is -2.62. The van der Waals surface area contributed by atoms with Crippen LogP contribution < -0.4 is 0 Å². The van der Waals surface area contributed by atoms with Crippen molar-refractivity contribution in [2.75, 3.05) is 0 Å². The fourth-order valence-electron chi connectivity index (χ4n) is 7.82. The quantitative estimate of drug-likeness (QED) is 0.637. The first-order valence-corrected chi connectivity index (χ1v) is 10.7. The lowest BCUT2D eigenvalue weighted by molar-refractivity contribution is -0.165. The Balaban J connectivity index is 1.62. The number of carbonyl (C=O) groups excluding carboxylic acids is 1. The van der Waals surface area contributed by atoms with Crippen molar-refractivity contribution < 1.29 is 14.3 Å². The van der Waals surface area contributed by atoms with Crippen molar-refractivity contribution >= 4 is 11.5 Å². The van der Waals surface area contributed by atoms with Crippen molar-refractivity contribution in [1.29, 1.82) is 5.41 Å². The Morgan fingerprint density at radius 3 is 2.48 bits per heavy atom. The highest BCUT2D eigenvalue weighted by Crippen LogP contribution is 2.68. The summed E-state index contributed by atoms with van der Waals surface area (Å²) in [5, 5.41) is 8.30. The van der Waals surface area contributed by atoms with Crippen molar-refractivity contribution in [3.63, 3.8) is 0 Å². The third-order valence-corrected chi connectivity index (χ3v) is 9.22. The maximum Gasteiger partial charge on any atom is 0.176 e. The summed E-state index contributed by atoms with van der Waals surface area (Å²) < 4.78 is 13.0. The van der Waals surface area contributed by atoms with Crippen LogP contribution in [0.5, 0.6) is 0 Å². The predicted molar refractivity (Wildman–Crippen MR) is 104 cm³/mol. The van der Waals surface area contributed by atoms with Crippen LogP contribution in [0.3, 0.4) is 0 Å². The molecule has 4 nitrogen and oxygen atoms in total. The van der Waals surface area contributed by atoms with E-state index in [0.29, 0.717) is 36.3 Å². The molecule has 8 atom stereocenters. The van der Waals surface area contributed by atoms with Gasteiger partial charge in [-0.2, -0.15) is 0 Å². The van der Waals surface area contributed by atoms with Crippen molar-refractivity contribution in [2.45, 2.75) is 84.2 Å². The van der Waals surface area contributed by atoms with Gasteiger partial charge in [0.05, 0.1) is 17.9 Å². The molecule has 27 heavy (non-hydrogen) atoms. The Hall–Kier alpha value is -1.00. The Bertz CT molecular complexity index is 742. The van der Waals surface area contributed by atoms with Crippen molar-refractivity contribution in [2.24, 2.45) is 34.5 Å². The van der Waals surface area contributed by atoms with E-state index in [2.05, 4.69) is 20.4 Å². The van der Waals surface area contributed by atoms with Crippen LogP contribution in [0, 0.1) is 39.9 Å². The zero-order chi connectivity index (χ0) is 19.4. The number of ketones is 1. The smallest absolute Gasteiger partial charge is 0.176 e. The molecule has 0 unspecified atom stereocenters. The number of nitrogens with one attached hydrogen (secondary N) is 1. The second kappa shape index (κ2) is 5.33. The molecule has 0 aromatic heterocycles. The van der Waals surface area contributed by atoms with Crippen LogP contribution >= 0.6 is 0 Å². The molecule has 4 saturated carbocycles. The summed E-state index contributed by atoms with van der Waals surface area (Å²) >= 11 is 0. The number of ether oxygens (including phenoxy) is 2. The molecule has 1 heterocycles. The zero-order valence-corrected chi connectivity index (χ0v) is 17.1. The topological polar surface area (TPSA) is 59.4 Å². The Morgan fingerprint density at radius 1 is 1.04 bits per heavy atom. The molecular formula is C23H33NO3. The largest absolute Gasteiger partial charge is 0.344 e. The van der Waals surface area contributed by atoms with E-state index in [1.165, 1.54) is 18.4 Å². The normalized spacial score (nSPS) is 53.6. The lowest BCUT2D eigenvalue weighted by Crippen LogP contribution is -2.63.